The molecule has 0 saturated carbocycles. The summed E-state index contributed by atoms with van der Waals surface area (Å²) in [5.41, 5.74) is 1.20. The van der Waals surface area contributed by atoms with Crippen LogP contribution in [0.1, 0.15) is 37.1 Å². The Kier molecular flexibility index (Phi) is 6.00. The molecule has 2 rings (SSSR count). The van der Waals surface area contributed by atoms with Crippen molar-refractivity contribution in [1.82, 2.24) is 4.90 Å². The number of carbonyl (C=O) groups is 1. The Morgan fingerprint density at radius 3 is 2.57 bits per heavy atom. The Bertz CT molecular complexity index is 536. The van der Waals surface area contributed by atoms with Gasteiger partial charge in [-0.25, -0.2) is 0 Å². The van der Waals surface area contributed by atoms with Gasteiger partial charge in [-0.2, -0.15) is 0 Å². The highest BCUT2D eigenvalue weighted by molar-refractivity contribution is 7.09. The van der Waals surface area contributed by atoms with E-state index in [0.29, 0.717) is 13.0 Å². The average molecular weight is 301 g/mol. The molecule has 0 spiro atoms. The van der Waals surface area contributed by atoms with E-state index in [2.05, 4.69) is 37.4 Å². The van der Waals surface area contributed by atoms with Crippen molar-refractivity contribution >= 4 is 17.2 Å². The molecule has 0 fully saturated rings. The standard InChI is InChI=1S/C18H23NOS/c1-3-15(2)19(14-16-8-5-4-6-9-16)18(20)12-11-17-10-7-13-21-17/h4-10,13,15H,3,11-12,14H2,1-2H3/t15-/m1/s1. The summed E-state index contributed by atoms with van der Waals surface area (Å²) in [4.78, 5) is 15.9. The van der Waals surface area contributed by atoms with E-state index < -0.39 is 0 Å². The van der Waals surface area contributed by atoms with Crippen molar-refractivity contribution in [3.63, 3.8) is 0 Å². The third kappa shape index (κ3) is 4.71. The number of thiophene rings is 1. The fourth-order valence-electron chi connectivity index (χ4n) is 2.32. The minimum absolute atomic E-state index is 0.251. The summed E-state index contributed by atoms with van der Waals surface area (Å²) in [5, 5.41) is 2.07. The van der Waals surface area contributed by atoms with Crippen molar-refractivity contribution < 1.29 is 4.79 Å². The Morgan fingerprint density at radius 2 is 1.95 bits per heavy atom. The highest BCUT2D eigenvalue weighted by Gasteiger charge is 2.19. The molecule has 0 aliphatic rings. The van der Waals surface area contributed by atoms with E-state index >= 15 is 0 Å². The maximum absolute atomic E-state index is 12.6. The molecule has 21 heavy (non-hydrogen) atoms. The summed E-state index contributed by atoms with van der Waals surface area (Å²) < 4.78 is 0. The number of benzene rings is 1. The second kappa shape index (κ2) is 7.99. The highest BCUT2D eigenvalue weighted by Crippen LogP contribution is 2.16. The molecule has 2 aromatic rings. The van der Waals surface area contributed by atoms with E-state index in [9.17, 15) is 4.79 Å². The van der Waals surface area contributed by atoms with Crippen LogP contribution in [0.2, 0.25) is 0 Å². The molecule has 0 saturated heterocycles. The minimum atomic E-state index is 0.251. The zero-order valence-electron chi connectivity index (χ0n) is 12.8. The first-order chi connectivity index (χ1) is 10.2. The summed E-state index contributed by atoms with van der Waals surface area (Å²) in [7, 11) is 0. The van der Waals surface area contributed by atoms with Crippen LogP contribution in [-0.2, 0) is 17.8 Å². The number of nitrogens with zero attached hydrogens (tertiary/aromatic N) is 1. The van der Waals surface area contributed by atoms with E-state index in [1.807, 2.05) is 29.2 Å². The number of carbonyl (C=O) groups excluding carboxylic acids is 1. The number of rotatable bonds is 7. The fourth-order valence-corrected chi connectivity index (χ4v) is 3.03. The van der Waals surface area contributed by atoms with Gasteiger partial charge in [0.2, 0.25) is 5.91 Å². The second-order valence-corrected chi connectivity index (χ2v) is 6.38. The molecule has 1 amide bonds. The molecule has 1 aromatic carbocycles. The Labute approximate surface area is 131 Å². The number of amides is 1. The van der Waals surface area contributed by atoms with Gasteiger partial charge in [-0.05, 0) is 36.8 Å². The lowest BCUT2D eigenvalue weighted by Gasteiger charge is -2.29. The first-order valence-corrected chi connectivity index (χ1v) is 8.44. The molecule has 0 unspecified atom stereocenters. The van der Waals surface area contributed by atoms with E-state index in [1.54, 1.807) is 11.3 Å². The Balaban J connectivity index is 1.99. The molecular formula is C18H23NOS. The Hall–Kier alpha value is -1.61. The number of hydrogen-bond acceptors (Lipinski definition) is 2. The summed E-state index contributed by atoms with van der Waals surface area (Å²) in [6.45, 7) is 4.97. The molecule has 112 valence electrons. The molecule has 1 heterocycles. The van der Waals surface area contributed by atoms with E-state index in [1.165, 1.54) is 10.4 Å². The normalized spacial score (nSPS) is 12.1. The van der Waals surface area contributed by atoms with Crippen molar-refractivity contribution in [2.45, 2.75) is 45.7 Å². The number of aryl methyl sites for hydroxylation is 1. The van der Waals surface area contributed by atoms with Gasteiger partial charge in [-0.15, -0.1) is 11.3 Å². The molecule has 0 N–H and O–H groups in total. The largest absolute Gasteiger partial charge is 0.336 e. The zero-order chi connectivity index (χ0) is 15.1. The van der Waals surface area contributed by atoms with Crippen molar-refractivity contribution in [2.24, 2.45) is 0 Å². The average Bonchev–Trinajstić information content (AvgIpc) is 3.04. The molecule has 0 radical (unpaired) electrons. The summed E-state index contributed by atoms with van der Waals surface area (Å²) in [6, 6.07) is 14.7. The third-order valence-corrected chi connectivity index (χ3v) is 4.74. The van der Waals surface area contributed by atoms with Crippen LogP contribution in [0.25, 0.3) is 0 Å². The fraction of sp³-hybridized carbons (Fsp3) is 0.389. The summed E-state index contributed by atoms with van der Waals surface area (Å²) in [5.74, 6) is 0.251. The van der Waals surface area contributed by atoms with Gasteiger partial charge < -0.3 is 4.90 Å². The maximum Gasteiger partial charge on any atom is 0.223 e. The minimum Gasteiger partial charge on any atom is -0.336 e. The second-order valence-electron chi connectivity index (χ2n) is 5.34. The monoisotopic (exact) mass is 301 g/mol. The quantitative estimate of drug-likeness (QED) is 0.737. The summed E-state index contributed by atoms with van der Waals surface area (Å²) in [6.07, 6.45) is 2.42. The predicted molar refractivity (Wildman–Crippen MR) is 89.4 cm³/mol. The lowest BCUT2D eigenvalue weighted by molar-refractivity contribution is -0.133. The lowest BCUT2D eigenvalue weighted by atomic mass is 10.1. The van der Waals surface area contributed by atoms with Crippen LogP contribution in [0.5, 0.6) is 0 Å². The molecular weight excluding hydrogens is 278 g/mol. The van der Waals surface area contributed by atoms with Crippen molar-refractivity contribution in [1.29, 1.82) is 0 Å². The van der Waals surface area contributed by atoms with E-state index in [0.717, 1.165) is 12.8 Å². The van der Waals surface area contributed by atoms with Gasteiger partial charge in [0.25, 0.3) is 0 Å². The van der Waals surface area contributed by atoms with Gasteiger partial charge in [0.1, 0.15) is 0 Å². The van der Waals surface area contributed by atoms with Gasteiger partial charge in [0, 0.05) is 23.9 Å². The number of hydrogen-bond donors (Lipinski definition) is 0. The smallest absolute Gasteiger partial charge is 0.223 e. The van der Waals surface area contributed by atoms with Gasteiger partial charge in [0.05, 0.1) is 0 Å². The molecule has 0 bridgehead atoms. The maximum atomic E-state index is 12.6. The first-order valence-electron chi connectivity index (χ1n) is 7.56. The molecule has 0 aliphatic carbocycles. The van der Waals surface area contributed by atoms with Gasteiger partial charge in [0.15, 0.2) is 0 Å². The van der Waals surface area contributed by atoms with Crippen molar-refractivity contribution in [3.05, 3.63) is 58.3 Å². The van der Waals surface area contributed by atoms with Gasteiger partial charge >= 0.3 is 0 Å². The van der Waals surface area contributed by atoms with Crippen molar-refractivity contribution in [2.75, 3.05) is 0 Å². The topological polar surface area (TPSA) is 20.3 Å². The SMILES string of the molecule is CC[C@@H](C)N(Cc1ccccc1)C(=O)CCc1cccs1. The van der Waals surface area contributed by atoms with Crippen molar-refractivity contribution in [3.8, 4) is 0 Å². The van der Waals surface area contributed by atoms with Crippen LogP contribution in [0.15, 0.2) is 47.8 Å². The molecule has 1 atom stereocenters. The van der Waals surface area contributed by atoms with Crippen LogP contribution in [0, 0.1) is 0 Å². The zero-order valence-corrected chi connectivity index (χ0v) is 13.6. The van der Waals surface area contributed by atoms with Crippen LogP contribution in [-0.4, -0.2) is 16.8 Å². The molecule has 0 aliphatic heterocycles. The summed E-state index contributed by atoms with van der Waals surface area (Å²) >= 11 is 1.72. The van der Waals surface area contributed by atoms with E-state index in [4.69, 9.17) is 0 Å². The molecule has 1 aromatic heterocycles. The third-order valence-electron chi connectivity index (χ3n) is 3.80. The van der Waals surface area contributed by atoms with Crippen LogP contribution >= 0.6 is 11.3 Å². The lowest BCUT2D eigenvalue weighted by Crippen LogP contribution is -2.37. The highest BCUT2D eigenvalue weighted by atomic mass is 32.1. The predicted octanol–water partition coefficient (Wildman–Crippen LogP) is 4.51. The van der Waals surface area contributed by atoms with Gasteiger partial charge in [-0.1, -0.05) is 43.3 Å². The van der Waals surface area contributed by atoms with Crippen LogP contribution < -0.4 is 0 Å². The van der Waals surface area contributed by atoms with Gasteiger partial charge in [-0.3, -0.25) is 4.79 Å². The van der Waals surface area contributed by atoms with Crippen LogP contribution in [0.3, 0.4) is 0 Å². The Morgan fingerprint density at radius 1 is 1.19 bits per heavy atom. The first kappa shape index (κ1) is 15.8. The van der Waals surface area contributed by atoms with Crippen LogP contribution in [0.4, 0.5) is 0 Å². The molecule has 3 heteroatoms. The van der Waals surface area contributed by atoms with E-state index in [-0.39, 0.29) is 11.9 Å². The molecule has 2 nitrogen and oxygen atoms in total.